The first-order chi connectivity index (χ1) is 12.7. The zero-order valence-corrected chi connectivity index (χ0v) is 14.5. The van der Waals surface area contributed by atoms with Gasteiger partial charge in [0.1, 0.15) is 5.82 Å². The van der Waals surface area contributed by atoms with E-state index in [2.05, 4.69) is 30.9 Å². The van der Waals surface area contributed by atoms with E-state index in [-0.39, 0.29) is 5.91 Å². The zero-order chi connectivity index (χ0) is 18.4. The van der Waals surface area contributed by atoms with Crippen LogP contribution in [0.5, 0.6) is 5.88 Å². The van der Waals surface area contributed by atoms with Crippen LogP contribution in [0.1, 0.15) is 16.1 Å². The normalized spacial score (nSPS) is 10.4. The lowest BCUT2D eigenvalue weighted by molar-refractivity contribution is 0.0954. The number of pyridine rings is 1. The van der Waals surface area contributed by atoms with Gasteiger partial charge < -0.3 is 15.4 Å². The van der Waals surface area contributed by atoms with E-state index >= 15 is 0 Å². The van der Waals surface area contributed by atoms with Crippen molar-refractivity contribution < 1.29 is 9.53 Å². The van der Waals surface area contributed by atoms with Crippen molar-refractivity contribution in [3.8, 4) is 11.7 Å². The molecule has 0 aliphatic rings. The predicted octanol–water partition coefficient (Wildman–Crippen LogP) is 1.22. The summed E-state index contributed by atoms with van der Waals surface area (Å²) < 4.78 is 6.67. The minimum atomic E-state index is -0.192. The van der Waals surface area contributed by atoms with E-state index < -0.39 is 0 Å². The molecule has 0 saturated carbocycles. The van der Waals surface area contributed by atoms with Gasteiger partial charge in [0.05, 0.1) is 12.8 Å². The van der Waals surface area contributed by atoms with E-state index in [0.717, 1.165) is 5.69 Å². The number of nitrogens with zero attached hydrogens (tertiary/aromatic N) is 5. The van der Waals surface area contributed by atoms with Gasteiger partial charge in [-0.3, -0.25) is 4.79 Å². The Morgan fingerprint density at radius 2 is 2.08 bits per heavy atom. The van der Waals surface area contributed by atoms with Gasteiger partial charge in [-0.1, -0.05) is 0 Å². The first kappa shape index (κ1) is 17.3. The van der Waals surface area contributed by atoms with Crippen LogP contribution < -0.4 is 15.4 Å². The summed E-state index contributed by atoms with van der Waals surface area (Å²) in [7, 11) is 1.51. The van der Waals surface area contributed by atoms with Gasteiger partial charge in [0.15, 0.2) is 5.82 Å². The molecule has 2 N–H and O–H groups in total. The number of amides is 1. The topological polar surface area (TPSA) is 107 Å². The van der Waals surface area contributed by atoms with Crippen LogP contribution in [0.4, 0.5) is 5.82 Å². The molecule has 0 aliphatic heterocycles. The van der Waals surface area contributed by atoms with E-state index in [0.29, 0.717) is 36.2 Å². The van der Waals surface area contributed by atoms with Crippen molar-refractivity contribution in [2.24, 2.45) is 0 Å². The number of aromatic nitrogens is 5. The molecule has 0 unspecified atom stereocenters. The largest absolute Gasteiger partial charge is 0.481 e. The van der Waals surface area contributed by atoms with Gasteiger partial charge >= 0.3 is 0 Å². The van der Waals surface area contributed by atoms with Crippen LogP contribution in [-0.4, -0.2) is 51.1 Å². The lowest BCUT2D eigenvalue weighted by Crippen LogP contribution is -2.29. The molecule has 1 amide bonds. The zero-order valence-electron chi connectivity index (χ0n) is 14.5. The molecule has 3 aromatic heterocycles. The summed E-state index contributed by atoms with van der Waals surface area (Å²) in [5.41, 5.74) is 1.41. The van der Waals surface area contributed by atoms with Crippen LogP contribution in [-0.2, 0) is 0 Å². The fourth-order valence-corrected chi connectivity index (χ4v) is 2.22. The molecule has 9 heteroatoms. The molecule has 3 rings (SSSR count). The summed E-state index contributed by atoms with van der Waals surface area (Å²) in [6.45, 7) is 2.87. The molecule has 26 heavy (non-hydrogen) atoms. The highest BCUT2D eigenvalue weighted by molar-refractivity contribution is 5.94. The van der Waals surface area contributed by atoms with Crippen molar-refractivity contribution in [1.29, 1.82) is 0 Å². The first-order valence-corrected chi connectivity index (χ1v) is 8.04. The lowest BCUT2D eigenvalue weighted by Gasteiger charge is -2.08. The highest BCUT2D eigenvalue weighted by Gasteiger charge is 2.06. The fraction of sp³-hybridized carbons (Fsp3) is 0.235. The van der Waals surface area contributed by atoms with Crippen LogP contribution in [0.15, 0.2) is 42.7 Å². The number of methoxy groups -OCH3 is 1. The van der Waals surface area contributed by atoms with Gasteiger partial charge in [0.2, 0.25) is 5.88 Å². The smallest absolute Gasteiger partial charge is 0.251 e. The van der Waals surface area contributed by atoms with E-state index in [1.165, 1.54) is 13.3 Å². The third kappa shape index (κ3) is 4.32. The van der Waals surface area contributed by atoms with E-state index in [1.54, 1.807) is 16.8 Å². The number of hydrogen-bond donors (Lipinski definition) is 2. The SMILES string of the molecule is COc1cc(C(=O)NCCNc2ccc(-n3ccc(C)n3)nn2)ccn1. The molecule has 0 spiro atoms. The van der Waals surface area contributed by atoms with E-state index in [4.69, 9.17) is 4.74 Å². The maximum atomic E-state index is 12.1. The second kappa shape index (κ2) is 8.06. The van der Waals surface area contributed by atoms with Crippen molar-refractivity contribution in [1.82, 2.24) is 30.3 Å². The molecule has 0 saturated heterocycles. The number of rotatable bonds is 7. The summed E-state index contributed by atoms with van der Waals surface area (Å²) in [4.78, 5) is 16.0. The number of anilines is 1. The lowest BCUT2D eigenvalue weighted by atomic mass is 10.2. The summed E-state index contributed by atoms with van der Waals surface area (Å²) in [5, 5.41) is 18.4. The molecule has 0 aliphatic carbocycles. The van der Waals surface area contributed by atoms with Crippen LogP contribution in [0.2, 0.25) is 0 Å². The Morgan fingerprint density at radius 3 is 2.77 bits per heavy atom. The maximum Gasteiger partial charge on any atom is 0.251 e. The molecule has 0 aromatic carbocycles. The van der Waals surface area contributed by atoms with Crippen LogP contribution in [0.25, 0.3) is 5.82 Å². The molecule has 0 radical (unpaired) electrons. The quantitative estimate of drug-likeness (QED) is 0.615. The highest BCUT2D eigenvalue weighted by Crippen LogP contribution is 2.08. The van der Waals surface area contributed by atoms with Crippen LogP contribution in [0, 0.1) is 6.92 Å². The summed E-state index contributed by atoms with van der Waals surface area (Å²) in [6.07, 6.45) is 3.36. The van der Waals surface area contributed by atoms with Gasteiger partial charge in [-0.15, -0.1) is 10.2 Å². The Bertz CT molecular complexity index is 877. The van der Waals surface area contributed by atoms with Crippen molar-refractivity contribution in [2.45, 2.75) is 6.92 Å². The van der Waals surface area contributed by atoms with Crippen LogP contribution >= 0.6 is 0 Å². The molecule has 0 bridgehead atoms. The van der Waals surface area contributed by atoms with E-state index in [1.807, 2.05) is 31.3 Å². The van der Waals surface area contributed by atoms with Gasteiger partial charge in [0, 0.05) is 37.1 Å². The van der Waals surface area contributed by atoms with Crippen LogP contribution in [0.3, 0.4) is 0 Å². The number of aryl methyl sites for hydroxylation is 1. The number of nitrogens with one attached hydrogen (secondary N) is 2. The third-order valence-corrected chi connectivity index (χ3v) is 3.53. The number of carbonyl (C=O) groups is 1. The Labute approximate surface area is 150 Å². The maximum absolute atomic E-state index is 12.1. The first-order valence-electron chi connectivity index (χ1n) is 8.04. The average molecular weight is 353 g/mol. The molecule has 0 fully saturated rings. The Hall–Kier alpha value is -3.49. The summed E-state index contributed by atoms with van der Waals surface area (Å²) >= 11 is 0. The molecule has 0 atom stereocenters. The molecule has 3 aromatic rings. The highest BCUT2D eigenvalue weighted by atomic mass is 16.5. The van der Waals surface area contributed by atoms with Crippen molar-refractivity contribution in [3.05, 3.63) is 54.0 Å². The standard InChI is InChI=1S/C17H19N7O2/c1-12-6-10-24(23-12)15-4-3-14(21-22-15)18-8-9-20-17(25)13-5-7-19-16(11-13)26-2/h3-7,10-11H,8-9H2,1-2H3,(H,18,21)(H,20,25). The molecular weight excluding hydrogens is 334 g/mol. The number of ether oxygens (including phenoxy) is 1. The second-order valence-electron chi connectivity index (χ2n) is 5.45. The Morgan fingerprint density at radius 1 is 1.19 bits per heavy atom. The molecular formula is C17H19N7O2. The minimum absolute atomic E-state index is 0.192. The minimum Gasteiger partial charge on any atom is -0.481 e. The monoisotopic (exact) mass is 353 g/mol. The van der Waals surface area contributed by atoms with E-state index in [9.17, 15) is 4.79 Å². The van der Waals surface area contributed by atoms with Gasteiger partial charge in [-0.2, -0.15) is 5.10 Å². The van der Waals surface area contributed by atoms with Crippen molar-refractivity contribution in [3.63, 3.8) is 0 Å². The molecule has 134 valence electrons. The number of hydrogen-bond acceptors (Lipinski definition) is 7. The summed E-state index contributed by atoms with van der Waals surface area (Å²) in [6, 6.07) is 8.75. The molecule has 3 heterocycles. The fourth-order valence-electron chi connectivity index (χ4n) is 2.22. The van der Waals surface area contributed by atoms with Crippen molar-refractivity contribution in [2.75, 3.05) is 25.5 Å². The van der Waals surface area contributed by atoms with Gasteiger partial charge in [-0.25, -0.2) is 9.67 Å². The molecule has 9 nitrogen and oxygen atoms in total. The predicted molar refractivity (Wildman–Crippen MR) is 95.5 cm³/mol. The summed E-state index contributed by atoms with van der Waals surface area (Å²) in [5.74, 6) is 1.47. The number of carbonyl (C=O) groups excluding carboxylic acids is 1. The second-order valence-corrected chi connectivity index (χ2v) is 5.45. The Balaban J connectivity index is 1.46. The third-order valence-electron chi connectivity index (χ3n) is 3.53. The van der Waals surface area contributed by atoms with Gasteiger partial charge in [0.25, 0.3) is 5.91 Å². The Kier molecular flexibility index (Phi) is 5.37. The van der Waals surface area contributed by atoms with Gasteiger partial charge in [-0.05, 0) is 31.2 Å². The van der Waals surface area contributed by atoms with Crippen molar-refractivity contribution >= 4 is 11.7 Å². The average Bonchev–Trinajstić information content (AvgIpc) is 3.12.